The second-order valence-electron chi connectivity index (χ2n) is 7.16. The molecule has 108 valence electrons. The average Bonchev–Trinajstić information content (AvgIpc) is 2.84. The molecule has 4 aliphatic carbocycles. The van der Waals surface area contributed by atoms with E-state index in [0.717, 1.165) is 50.5 Å². The summed E-state index contributed by atoms with van der Waals surface area (Å²) < 4.78 is 0. The van der Waals surface area contributed by atoms with Gasteiger partial charge in [-0.1, -0.05) is 0 Å². The van der Waals surface area contributed by atoms with Crippen LogP contribution in [0.1, 0.15) is 51.4 Å². The van der Waals surface area contributed by atoms with Crippen LogP contribution >= 0.6 is 0 Å². The molecule has 0 amide bonds. The summed E-state index contributed by atoms with van der Waals surface area (Å²) in [5.74, 6) is 3.16. The van der Waals surface area contributed by atoms with Gasteiger partial charge in [-0.25, -0.2) is 0 Å². The summed E-state index contributed by atoms with van der Waals surface area (Å²) in [5, 5.41) is 10.1. The SMILES string of the molecule is O=C1CC[C@@H]2C(=C1O)CC[C@@H]1[C@H]3CCC(=O)[C@H]3CC[C@H]12. The van der Waals surface area contributed by atoms with Crippen LogP contribution in [0.2, 0.25) is 0 Å². The zero-order valence-corrected chi connectivity index (χ0v) is 11.8. The Morgan fingerprint density at radius 1 is 0.750 bits per heavy atom. The molecule has 20 heavy (non-hydrogen) atoms. The molecule has 0 unspecified atom stereocenters. The van der Waals surface area contributed by atoms with Crippen LogP contribution in [0.3, 0.4) is 0 Å². The van der Waals surface area contributed by atoms with Crippen LogP contribution in [0.25, 0.3) is 0 Å². The van der Waals surface area contributed by atoms with Crippen LogP contribution < -0.4 is 0 Å². The topological polar surface area (TPSA) is 54.4 Å². The molecule has 0 aromatic rings. The second-order valence-corrected chi connectivity index (χ2v) is 7.16. The standard InChI is InChI=1S/C17H22O3/c18-15-7-5-11-9-2-4-14-12(6-8-16(19)17(14)20)10(9)1-3-13(11)15/h9-13,20H,1-8H2/t9-,10+,11+,12-,13-/m0/s1. The molecule has 4 aliphatic rings. The molecule has 0 aromatic heterocycles. The van der Waals surface area contributed by atoms with Crippen molar-refractivity contribution in [1.29, 1.82) is 0 Å². The first-order valence-electron chi connectivity index (χ1n) is 8.14. The van der Waals surface area contributed by atoms with Crippen molar-refractivity contribution in [2.75, 3.05) is 0 Å². The summed E-state index contributed by atoms with van der Waals surface area (Å²) in [5.41, 5.74) is 1.05. The molecule has 0 bridgehead atoms. The number of fused-ring (bicyclic) bond motifs is 5. The summed E-state index contributed by atoms with van der Waals surface area (Å²) >= 11 is 0. The maximum absolute atomic E-state index is 12.0. The van der Waals surface area contributed by atoms with E-state index in [9.17, 15) is 14.7 Å². The zero-order valence-electron chi connectivity index (χ0n) is 11.8. The Bertz CT molecular complexity index is 504. The molecule has 0 spiro atoms. The largest absolute Gasteiger partial charge is 0.504 e. The third kappa shape index (κ3) is 1.64. The van der Waals surface area contributed by atoms with Crippen LogP contribution in [0.5, 0.6) is 0 Å². The van der Waals surface area contributed by atoms with Crippen molar-refractivity contribution < 1.29 is 14.7 Å². The van der Waals surface area contributed by atoms with Gasteiger partial charge in [0.25, 0.3) is 0 Å². The molecule has 1 N–H and O–H groups in total. The highest BCUT2D eigenvalue weighted by molar-refractivity contribution is 5.94. The molecule has 0 heterocycles. The van der Waals surface area contributed by atoms with Gasteiger partial charge in [-0.2, -0.15) is 0 Å². The van der Waals surface area contributed by atoms with E-state index in [2.05, 4.69) is 0 Å². The normalized spacial score (nSPS) is 44.1. The van der Waals surface area contributed by atoms with Crippen molar-refractivity contribution in [3.63, 3.8) is 0 Å². The molecule has 0 radical (unpaired) electrons. The molecular formula is C17H22O3. The molecular weight excluding hydrogens is 252 g/mol. The number of rotatable bonds is 0. The van der Waals surface area contributed by atoms with Crippen molar-refractivity contribution in [2.24, 2.45) is 29.6 Å². The van der Waals surface area contributed by atoms with Crippen LogP contribution in [0.15, 0.2) is 11.3 Å². The maximum atomic E-state index is 12.0. The third-order valence-electron chi connectivity index (χ3n) is 6.53. The Kier molecular flexibility index (Phi) is 2.80. The van der Waals surface area contributed by atoms with E-state index in [1.807, 2.05) is 0 Å². The lowest BCUT2D eigenvalue weighted by atomic mass is 9.56. The van der Waals surface area contributed by atoms with Gasteiger partial charge in [0.2, 0.25) is 0 Å². The predicted molar refractivity (Wildman–Crippen MR) is 74.1 cm³/mol. The number of carbonyl (C=O) groups is 2. The summed E-state index contributed by atoms with van der Waals surface area (Å²) in [6, 6.07) is 0. The fraction of sp³-hybridized carbons (Fsp3) is 0.765. The molecule has 0 saturated heterocycles. The first-order valence-corrected chi connectivity index (χ1v) is 8.14. The van der Waals surface area contributed by atoms with Gasteiger partial charge in [0.05, 0.1) is 0 Å². The highest BCUT2D eigenvalue weighted by Crippen LogP contribution is 2.56. The summed E-state index contributed by atoms with van der Waals surface area (Å²) in [6.45, 7) is 0. The van der Waals surface area contributed by atoms with Gasteiger partial charge in [0, 0.05) is 18.8 Å². The maximum Gasteiger partial charge on any atom is 0.197 e. The monoisotopic (exact) mass is 274 g/mol. The van der Waals surface area contributed by atoms with E-state index in [-0.39, 0.29) is 11.5 Å². The molecule has 3 saturated carbocycles. The number of hydrogen-bond acceptors (Lipinski definition) is 3. The van der Waals surface area contributed by atoms with Crippen LogP contribution in [-0.2, 0) is 9.59 Å². The average molecular weight is 274 g/mol. The minimum atomic E-state index is -0.0561. The summed E-state index contributed by atoms with van der Waals surface area (Å²) in [7, 11) is 0. The number of hydrogen-bond donors (Lipinski definition) is 1. The fourth-order valence-electron chi connectivity index (χ4n) is 5.69. The minimum absolute atomic E-state index is 0.0561. The molecule has 4 rings (SSSR count). The Morgan fingerprint density at radius 3 is 2.35 bits per heavy atom. The Labute approximate surface area is 119 Å². The Balaban J connectivity index is 1.64. The molecule has 3 nitrogen and oxygen atoms in total. The predicted octanol–water partition coefficient (Wildman–Crippen LogP) is 3.19. The van der Waals surface area contributed by atoms with Crippen molar-refractivity contribution in [1.82, 2.24) is 0 Å². The van der Waals surface area contributed by atoms with E-state index in [0.29, 0.717) is 41.8 Å². The number of aliphatic hydroxyl groups excluding tert-OH is 1. The second kappa shape index (κ2) is 4.44. The van der Waals surface area contributed by atoms with Crippen molar-refractivity contribution in [3.8, 4) is 0 Å². The lowest BCUT2D eigenvalue weighted by Crippen LogP contribution is -2.42. The lowest BCUT2D eigenvalue weighted by molar-refractivity contribution is -0.123. The van der Waals surface area contributed by atoms with E-state index >= 15 is 0 Å². The molecule has 5 atom stereocenters. The molecule has 0 aliphatic heterocycles. The van der Waals surface area contributed by atoms with Gasteiger partial charge < -0.3 is 5.11 Å². The number of aliphatic hydroxyl groups is 1. The van der Waals surface area contributed by atoms with Gasteiger partial charge in [0.15, 0.2) is 11.5 Å². The summed E-state index contributed by atoms with van der Waals surface area (Å²) in [6.07, 6.45) is 7.41. The summed E-state index contributed by atoms with van der Waals surface area (Å²) in [4.78, 5) is 23.6. The first kappa shape index (κ1) is 12.6. The van der Waals surface area contributed by atoms with E-state index in [4.69, 9.17) is 0 Å². The number of allylic oxidation sites excluding steroid dienone is 1. The molecule has 3 fully saturated rings. The van der Waals surface area contributed by atoms with Gasteiger partial charge >= 0.3 is 0 Å². The van der Waals surface area contributed by atoms with Crippen molar-refractivity contribution in [2.45, 2.75) is 51.4 Å². The molecule has 3 heteroatoms. The Hall–Kier alpha value is -1.12. The Morgan fingerprint density at radius 2 is 1.50 bits per heavy atom. The van der Waals surface area contributed by atoms with Crippen LogP contribution in [-0.4, -0.2) is 16.7 Å². The van der Waals surface area contributed by atoms with Gasteiger partial charge in [-0.05, 0) is 67.8 Å². The molecule has 0 aromatic carbocycles. The van der Waals surface area contributed by atoms with Crippen LogP contribution in [0, 0.1) is 29.6 Å². The van der Waals surface area contributed by atoms with E-state index < -0.39 is 0 Å². The highest BCUT2D eigenvalue weighted by Gasteiger charge is 2.50. The number of Topliss-reactive ketones (excluding diaryl/α,β-unsaturated/α-hetero) is 2. The fourth-order valence-corrected chi connectivity index (χ4v) is 5.69. The highest BCUT2D eigenvalue weighted by atomic mass is 16.3. The first-order chi connectivity index (χ1) is 9.66. The zero-order chi connectivity index (χ0) is 13.9. The quantitative estimate of drug-likeness (QED) is 0.738. The lowest BCUT2D eigenvalue weighted by Gasteiger charge is -2.48. The van der Waals surface area contributed by atoms with Gasteiger partial charge in [-0.15, -0.1) is 0 Å². The number of ketones is 2. The van der Waals surface area contributed by atoms with Gasteiger partial charge in [-0.3, -0.25) is 9.59 Å². The van der Waals surface area contributed by atoms with E-state index in [1.165, 1.54) is 0 Å². The smallest absolute Gasteiger partial charge is 0.197 e. The van der Waals surface area contributed by atoms with Crippen molar-refractivity contribution in [3.05, 3.63) is 11.3 Å². The van der Waals surface area contributed by atoms with Crippen LogP contribution in [0.4, 0.5) is 0 Å². The third-order valence-corrected chi connectivity index (χ3v) is 6.53. The minimum Gasteiger partial charge on any atom is -0.504 e. The van der Waals surface area contributed by atoms with E-state index in [1.54, 1.807) is 0 Å². The number of carbonyl (C=O) groups excluding carboxylic acids is 2. The van der Waals surface area contributed by atoms with Crippen molar-refractivity contribution >= 4 is 11.6 Å². The van der Waals surface area contributed by atoms with Gasteiger partial charge in [0.1, 0.15) is 5.78 Å².